The van der Waals surface area contributed by atoms with Crippen molar-refractivity contribution in [3.05, 3.63) is 64.1 Å². The van der Waals surface area contributed by atoms with Gasteiger partial charge in [-0.05, 0) is 36.5 Å². The maximum atomic E-state index is 6.19. The van der Waals surface area contributed by atoms with Gasteiger partial charge in [0.2, 0.25) is 4.77 Å². The normalized spacial score (nSPS) is 11.1. The zero-order chi connectivity index (χ0) is 14.7. The number of halogens is 1. The van der Waals surface area contributed by atoms with Gasteiger partial charge in [-0.15, -0.1) is 0 Å². The second kappa shape index (κ2) is 5.99. The summed E-state index contributed by atoms with van der Waals surface area (Å²) in [6.45, 7) is 0. The highest BCUT2D eigenvalue weighted by molar-refractivity contribution is 7.71. The van der Waals surface area contributed by atoms with Crippen LogP contribution in [-0.2, 0) is 0 Å². The fourth-order valence-corrected chi connectivity index (χ4v) is 2.18. The maximum Gasteiger partial charge on any atom is 0.216 e. The second-order valence-corrected chi connectivity index (χ2v) is 4.94. The van der Waals surface area contributed by atoms with E-state index in [4.69, 9.17) is 23.8 Å². The summed E-state index contributed by atoms with van der Waals surface area (Å²) < 4.78 is 1.91. The van der Waals surface area contributed by atoms with Crippen molar-refractivity contribution in [1.29, 1.82) is 0 Å². The van der Waals surface area contributed by atoms with E-state index < -0.39 is 0 Å². The first-order chi connectivity index (χ1) is 10.3. The molecule has 0 spiro atoms. The van der Waals surface area contributed by atoms with Gasteiger partial charge in [-0.25, -0.2) is 5.10 Å². The summed E-state index contributed by atoms with van der Waals surface area (Å²) in [5.41, 5.74) is 1.48. The molecule has 0 bridgehead atoms. The van der Waals surface area contributed by atoms with Crippen LogP contribution in [0.25, 0.3) is 11.4 Å². The molecule has 2 aromatic heterocycles. The minimum atomic E-state index is 0.386. The lowest BCUT2D eigenvalue weighted by molar-refractivity contribution is 0.870. The molecule has 0 aliphatic carbocycles. The van der Waals surface area contributed by atoms with Crippen LogP contribution < -0.4 is 0 Å². The molecule has 3 aromatic rings. The highest BCUT2D eigenvalue weighted by Gasteiger charge is 2.11. The number of nitrogens with zero attached hydrogens (tertiary/aromatic N) is 4. The smallest absolute Gasteiger partial charge is 0.216 e. The molecule has 21 heavy (non-hydrogen) atoms. The molecule has 0 aliphatic rings. The molecule has 0 aliphatic heterocycles. The van der Waals surface area contributed by atoms with Crippen LogP contribution in [0.2, 0.25) is 5.02 Å². The van der Waals surface area contributed by atoms with Crippen molar-refractivity contribution < 1.29 is 0 Å². The largest absolute Gasteiger partial charge is 0.255 e. The Morgan fingerprint density at radius 3 is 2.76 bits per heavy atom. The molecule has 0 saturated carbocycles. The van der Waals surface area contributed by atoms with E-state index in [-0.39, 0.29) is 0 Å². The lowest BCUT2D eigenvalue weighted by atomic mass is 10.2. The molecule has 0 atom stereocenters. The Labute approximate surface area is 130 Å². The van der Waals surface area contributed by atoms with Gasteiger partial charge in [0, 0.05) is 11.8 Å². The van der Waals surface area contributed by atoms with Crippen molar-refractivity contribution >= 4 is 30.0 Å². The number of rotatable bonds is 3. The summed E-state index contributed by atoms with van der Waals surface area (Å²) >= 11 is 11.4. The lowest BCUT2D eigenvalue weighted by Crippen LogP contribution is -1.96. The van der Waals surface area contributed by atoms with Crippen LogP contribution in [-0.4, -0.2) is 26.1 Å². The number of hydrogen-bond acceptors (Lipinski definition) is 4. The van der Waals surface area contributed by atoms with Crippen LogP contribution in [0.5, 0.6) is 0 Å². The van der Waals surface area contributed by atoms with Crippen LogP contribution in [0.15, 0.2) is 53.8 Å². The summed E-state index contributed by atoms with van der Waals surface area (Å²) in [4.78, 5) is 4.17. The zero-order valence-corrected chi connectivity index (χ0v) is 12.3. The van der Waals surface area contributed by atoms with E-state index in [0.717, 1.165) is 11.3 Å². The molecule has 0 radical (unpaired) electrons. The van der Waals surface area contributed by atoms with Crippen LogP contribution in [0, 0.1) is 4.77 Å². The molecular formula is C14H10ClN5S. The zero-order valence-electron chi connectivity index (χ0n) is 10.8. The predicted octanol–water partition coefficient (Wildman–Crippen LogP) is 3.54. The predicted molar refractivity (Wildman–Crippen MR) is 85.1 cm³/mol. The van der Waals surface area contributed by atoms with Crippen LogP contribution in [0.3, 0.4) is 0 Å². The fraction of sp³-hybridized carbons (Fsp3) is 0. The van der Waals surface area contributed by atoms with E-state index in [0.29, 0.717) is 15.6 Å². The first-order valence-electron chi connectivity index (χ1n) is 6.13. The van der Waals surface area contributed by atoms with Gasteiger partial charge in [0.15, 0.2) is 5.82 Å². The Morgan fingerprint density at radius 1 is 1.19 bits per heavy atom. The molecule has 2 heterocycles. The van der Waals surface area contributed by atoms with E-state index in [2.05, 4.69) is 20.3 Å². The van der Waals surface area contributed by atoms with E-state index in [9.17, 15) is 0 Å². The van der Waals surface area contributed by atoms with E-state index in [1.54, 1.807) is 18.5 Å². The summed E-state index contributed by atoms with van der Waals surface area (Å²) in [5.74, 6) is 0.554. The standard InChI is InChI=1S/C14H10ClN5S/c15-12-7-2-1-6-11(12)13-18-19-14(21)20(13)17-9-10-5-3-4-8-16-10/h1-9H,(H,19,21)/b17-9-. The SMILES string of the molecule is S=c1[nH]nc(-c2ccccc2Cl)n1/N=C\c1ccccn1. The molecule has 0 amide bonds. The minimum Gasteiger partial charge on any atom is -0.255 e. The number of pyridine rings is 1. The summed E-state index contributed by atoms with van der Waals surface area (Å²) in [6, 6.07) is 13.0. The highest BCUT2D eigenvalue weighted by atomic mass is 35.5. The van der Waals surface area contributed by atoms with E-state index in [1.807, 2.05) is 36.4 Å². The number of benzene rings is 1. The third kappa shape index (κ3) is 2.91. The molecule has 1 aromatic carbocycles. The first-order valence-corrected chi connectivity index (χ1v) is 6.92. The summed E-state index contributed by atoms with van der Waals surface area (Å²) in [6.07, 6.45) is 3.32. The van der Waals surface area contributed by atoms with Gasteiger partial charge in [-0.1, -0.05) is 29.8 Å². The average molecular weight is 316 g/mol. The molecule has 5 nitrogen and oxygen atoms in total. The first kappa shape index (κ1) is 13.7. The van der Waals surface area contributed by atoms with Crippen LogP contribution >= 0.6 is 23.8 Å². The Balaban J connectivity index is 2.05. The van der Waals surface area contributed by atoms with Crippen molar-refractivity contribution in [3.63, 3.8) is 0 Å². The maximum absolute atomic E-state index is 6.19. The van der Waals surface area contributed by atoms with Crippen molar-refractivity contribution in [2.24, 2.45) is 5.10 Å². The van der Waals surface area contributed by atoms with Crippen LogP contribution in [0.4, 0.5) is 0 Å². The number of aromatic amines is 1. The average Bonchev–Trinajstić information content (AvgIpc) is 2.88. The van der Waals surface area contributed by atoms with Gasteiger partial charge < -0.3 is 0 Å². The molecular weight excluding hydrogens is 306 g/mol. The molecule has 104 valence electrons. The number of aromatic nitrogens is 4. The van der Waals surface area contributed by atoms with Gasteiger partial charge in [0.25, 0.3) is 0 Å². The molecule has 3 rings (SSSR count). The lowest BCUT2D eigenvalue weighted by Gasteiger charge is -2.02. The van der Waals surface area contributed by atoms with Gasteiger partial charge >= 0.3 is 0 Å². The molecule has 7 heteroatoms. The van der Waals surface area contributed by atoms with Crippen LogP contribution in [0.1, 0.15) is 5.69 Å². The summed E-state index contributed by atoms with van der Waals surface area (Å²) in [5, 5.41) is 11.8. The topological polar surface area (TPSA) is 58.9 Å². The monoisotopic (exact) mass is 315 g/mol. The fourth-order valence-electron chi connectivity index (χ4n) is 1.78. The quantitative estimate of drug-likeness (QED) is 0.594. The van der Waals surface area contributed by atoms with Crippen molar-refractivity contribution in [1.82, 2.24) is 19.9 Å². The van der Waals surface area contributed by atoms with Crippen molar-refractivity contribution in [2.45, 2.75) is 0 Å². The highest BCUT2D eigenvalue weighted by Crippen LogP contribution is 2.25. The number of H-pyrrole nitrogens is 1. The Hall–Kier alpha value is -2.31. The van der Waals surface area contributed by atoms with Gasteiger partial charge in [0.05, 0.1) is 16.9 Å². The van der Waals surface area contributed by atoms with Gasteiger partial charge in [-0.3, -0.25) is 4.98 Å². The van der Waals surface area contributed by atoms with Crippen molar-refractivity contribution in [2.75, 3.05) is 0 Å². The molecule has 0 fully saturated rings. The third-order valence-corrected chi connectivity index (χ3v) is 3.35. The Kier molecular flexibility index (Phi) is 3.89. The molecule has 0 unspecified atom stereocenters. The van der Waals surface area contributed by atoms with E-state index >= 15 is 0 Å². The Bertz CT molecular complexity index is 838. The second-order valence-electron chi connectivity index (χ2n) is 4.14. The molecule has 0 saturated heterocycles. The van der Waals surface area contributed by atoms with Crippen molar-refractivity contribution in [3.8, 4) is 11.4 Å². The van der Waals surface area contributed by atoms with E-state index in [1.165, 1.54) is 4.68 Å². The van der Waals surface area contributed by atoms with Gasteiger partial charge in [0.1, 0.15) is 0 Å². The molecule has 1 N–H and O–H groups in total. The Morgan fingerprint density at radius 2 is 2.00 bits per heavy atom. The van der Waals surface area contributed by atoms with Gasteiger partial charge in [-0.2, -0.15) is 14.9 Å². The summed E-state index contributed by atoms with van der Waals surface area (Å²) in [7, 11) is 0. The minimum absolute atomic E-state index is 0.386. The third-order valence-electron chi connectivity index (χ3n) is 2.76. The number of nitrogens with one attached hydrogen (secondary N) is 1. The number of hydrogen-bond donors (Lipinski definition) is 1.